The molecular weight excluding hydrogens is 347 g/mol. The Hall–Kier alpha value is -1.57. The summed E-state index contributed by atoms with van der Waals surface area (Å²) in [6.07, 6.45) is 1.55. The molecule has 0 unspecified atom stereocenters. The zero-order valence-electron chi connectivity index (χ0n) is 9.26. The van der Waals surface area contributed by atoms with Crippen LogP contribution in [0.2, 0.25) is 0 Å². The smallest absolute Gasteiger partial charge is 0.356 e. The Bertz CT molecular complexity index is 636. The minimum absolute atomic E-state index is 0.0661. The number of fused-ring (bicyclic) bond motifs is 3. The molecule has 0 amide bonds. The van der Waals surface area contributed by atoms with Gasteiger partial charge in [-0.25, -0.2) is 9.78 Å². The maximum atomic E-state index is 11.0. The summed E-state index contributed by atoms with van der Waals surface area (Å²) < 4.78 is 8.55. The van der Waals surface area contributed by atoms with Crippen LogP contribution in [0.5, 0.6) is 5.75 Å². The Balaban J connectivity index is 2.20. The van der Waals surface area contributed by atoms with E-state index in [1.165, 1.54) is 0 Å². The van der Waals surface area contributed by atoms with Crippen molar-refractivity contribution in [2.24, 2.45) is 0 Å². The van der Waals surface area contributed by atoms with Crippen molar-refractivity contribution < 1.29 is 14.6 Å². The van der Waals surface area contributed by atoms with E-state index in [0.717, 1.165) is 14.9 Å². The first-order valence-corrected chi connectivity index (χ1v) is 6.46. The third kappa shape index (κ3) is 1.86. The normalized spacial score (nSPS) is 13.2. The third-order valence-electron chi connectivity index (χ3n) is 2.77. The molecule has 0 fully saturated rings. The van der Waals surface area contributed by atoms with Crippen LogP contribution in [-0.2, 0) is 6.54 Å². The van der Waals surface area contributed by atoms with Crippen molar-refractivity contribution in [3.63, 3.8) is 0 Å². The molecule has 0 bridgehead atoms. The molecule has 0 radical (unpaired) electrons. The predicted octanol–water partition coefficient (Wildman–Crippen LogP) is 2.25. The van der Waals surface area contributed by atoms with Crippen molar-refractivity contribution in [3.05, 3.63) is 33.7 Å². The van der Waals surface area contributed by atoms with Gasteiger partial charge in [-0.1, -0.05) is 0 Å². The van der Waals surface area contributed by atoms with Gasteiger partial charge in [0, 0.05) is 9.77 Å². The number of nitrogens with zero attached hydrogens (tertiary/aromatic N) is 2. The first kappa shape index (κ1) is 11.5. The Morgan fingerprint density at radius 1 is 1.50 bits per heavy atom. The molecule has 18 heavy (non-hydrogen) atoms. The Labute approximate surface area is 117 Å². The van der Waals surface area contributed by atoms with E-state index in [-0.39, 0.29) is 5.69 Å². The maximum Gasteiger partial charge on any atom is 0.356 e. The fourth-order valence-electron chi connectivity index (χ4n) is 1.96. The molecule has 0 saturated heterocycles. The van der Waals surface area contributed by atoms with Gasteiger partial charge < -0.3 is 14.4 Å². The molecule has 1 aromatic carbocycles. The average Bonchev–Trinajstić information content (AvgIpc) is 2.67. The highest BCUT2D eigenvalue weighted by atomic mass is 127. The van der Waals surface area contributed by atoms with E-state index in [9.17, 15) is 4.79 Å². The van der Waals surface area contributed by atoms with Gasteiger partial charge in [0.05, 0.1) is 12.1 Å². The van der Waals surface area contributed by atoms with E-state index in [0.29, 0.717) is 19.0 Å². The average molecular weight is 356 g/mol. The van der Waals surface area contributed by atoms with Crippen LogP contribution in [0.3, 0.4) is 0 Å². The van der Waals surface area contributed by atoms with Crippen molar-refractivity contribution in [1.29, 1.82) is 0 Å². The second-order valence-corrected chi connectivity index (χ2v) is 5.18. The SMILES string of the molecule is O=C(O)c1cn2c(n1)-c1ccc(I)cc1OCC2. The second-order valence-electron chi connectivity index (χ2n) is 3.94. The van der Waals surface area contributed by atoms with E-state index in [2.05, 4.69) is 27.6 Å². The fraction of sp³-hybridized carbons (Fsp3) is 0.167. The number of carboxylic acids is 1. The molecule has 1 N–H and O–H groups in total. The second kappa shape index (κ2) is 4.27. The van der Waals surface area contributed by atoms with E-state index in [1.807, 2.05) is 22.8 Å². The van der Waals surface area contributed by atoms with E-state index in [1.54, 1.807) is 6.20 Å². The number of aromatic carboxylic acids is 1. The molecule has 0 spiro atoms. The number of hydrogen-bond acceptors (Lipinski definition) is 3. The van der Waals surface area contributed by atoms with Gasteiger partial charge in [0.15, 0.2) is 5.69 Å². The highest BCUT2D eigenvalue weighted by molar-refractivity contribution is 14.1. The van der Waals surface area contributed by atoms with Crippen molar-refractivity contribution in [2.45, 2.75) is 6.54 Å². The summed E-state index contributed by atoms with van der Waals surface area (Å²) in [6.45, 7) is 1.11. The van der Waals surface area contributed by atoms with E-state index in [4.69, 9.17) is 9.84 Å². The molecule has 5 nitrogen and oxygen atoms in total. The van der Waals surface area contributed by atoms with Gasteiger partial charge in [0.25, 0.3) is 0 Å². The van der Waals surface area contributed by atoms with Gasteiger partial charge in [-0.15, -0.1) is 0 Å². The highest BCUT2D eigenvalue weighted by Crippen LogP contribution is 2.33. The first-order valence-electron chi connectivity index (χ1n) is 5.38. The fourth-order valence-corrected chi connectivity index (χ4v) is 2.42. The number of hydrogen-bond donors (Lipinski definition) is 1. The van der Waals surface area contributed by atoms with Crippen LogP contribution in [0.25, 0.3) is 11.4 Å². The maximum absolute atomic E-state index is 11.0. The van der Waals surface area contributed by atoms with Gasteiger partial charge in [0.2, 0.25) is 0 Å². The summed E-state index contributed by atoms with van der Waals surface area (Å²) in [7, 11) is 0. The standard InChI is InChI=1S/C12H9IN2O3/c13-7-1-2-8-10(5-7)18-4-3-15-6-9(12(16)17)14-11(8)15/h1-2,5-6H,3-4H2,(H,16,17). The van der Waals surface area contributed by atoms with Crippen molar-refractivity contribution in [1.82, 2.24) is 9.55 Å². The Kier molecular flexibility index (Phi) is 2.73. The minimum atomic E-state index is -1.01. The molecule has 3 rings (SSSR count). The van der Waals surface area contributed by atoms with Gasteiger partial charge in [-0.2, -0.15) is 0 Å². The molecule has 92 valence electrons. The minimum Gasteiger partial charge on any atom is -0.491 e. The number of rotatable bonds is 1. The molecule has 1 aromatic heterocycles. The van der Waals surface area contributed by atoms with E-state index >= 15 is 0 Å². The van der Waals surface area contributed by atoms with Crippen LogP contribution in [0, 0.1) is 3.57 Å². The molecule has 6 heteroatoms. The number of aromatic nitrogens is 2. The van der Waals surface area contributed by atoms with Crippen LogP contribution < -0.4 is 4.74 Å². The lowest BCUT2D eigenvalue weighted by Crippen LogP contribution is -2.04. The Morgan fingerprint density at radius 3 is 3.11 bits per heavy atom. The lowest BCUT2D eigenvalue weighted by atomic mass is 10.2. The third-order valence-corrected chi connectivity index (χ3v) is 3.44. The molecule has 0 aliphatic carbocycles. The molecular formula is C12H9IN2O3. The number of ether oxygens (including phenoxy) is 1. The van der Waals surface area contributed by atoms with Crippen molar-refractivity contribution in [3.8, 4) is 17.1 Å². The van der Waals surface area contributed by atoms with Crippen LogP contribution in [0.15, 0.2) is 24.4 Å². The summed E-state index contributed by atoms with van der Waals surface area (Å²) in [4.78, 5) is 15.1. The van der Waals surface area contributed by atoms with Crippen LogP contribution in [0.1, 0.15) is 10.5 Å². The molecule has 2 heterocycles. The molecule has 1 aliphatic rings. The number of carboxylic acid groups (broad SMARTS) is 1. The van der Waals surface area contributed by atoms with E-state index < -0.39 is 5.97 Å². The summed E-state index contributed by atoms with van der Waals surface area (Å²) in [5.74, 6) is 0.392. The van der Waals surface area contributed by atoms with Crippen LogP contribution in [-0.4, -0.2) is 27.2 Å². The quantitative estimate of drug-likeness (QED) is 0.797. The molecule has 0 saturated carbocycles. The van der Waals surface area contributed by atoms with Gasteiger partial charge in [-0.3, -0.25) is 0 Å². The lowest BCUT2D eigenvalue weighted by molar-refractivity contribution is 0.0691. The van der Waals surface area contributed by atoms with Gasteiger partial charge in [0.1, 0.15) is 18.2 Å². The Morgan fingerprint density at radius 2 is 2.33 bits per heavy atom. The lowest BCUT2D eigenvalue weighted by Gasteiger charge is -2.06. The summed E-state index contributed by atoms with van der Waals surface area (Å²) in [5.41, 5.74) is 0.900. The van der Waals surface area contributed by atoms with Gasteiger partial charge >= 0.3 is 5.97 Å². The summed E-state index contributed by atoms with van der Waals surface area (Å²) in [5, 5.41) is 8.99. The van der Waals surface area contributed by atoms with Crippen molar-refractivity contribution >= 4 is 28.6 Å². The number of benzene rings is 1. The van der Waals surface area contributed by atoms with Gasteiger partial charge in [-0.05, 0) is 40.8 Å². The molecule has 2 aromatic rings. The summed E-state index contributed by atoms with van der Waals surface area (Å²) in [6, 6.07) is 5.79. The predicted molar refractivity (Wildman–Crippen MR) is 72.8 cm³/mol. The summed E-state index contributed by atoms with van der Waals surface area (Å²) >= 11 is 2.21. The van der Waals surface area contributed by atoms with Crippen LogP contribution >= 0.6 is 22.6 Å². The number of imidazole rings is 1. The monoisotopic (exact) mass is 356 g/mol. The van der Waals surface area contributed by atoms with Crippen molar-refractivity contribution in [2.75, 3.05) is 6.61 Å². The highest BCUT2D eigenvalue weighted by Gasteiger charge is 2.20. The zero-order chi connectivity index (χ0) is 12.7. The topological polar surface area (TPSA) is 64.3 Å². The van der Waals surface area contributed by atoms with Crippen LogP contribution in [0.4, 0.5) is 0 Å². The largest absolute Gasteiger partial charge is 0.491 e. The first-order chi connectivity index (χ1) is 8.65. The number of carbonyl (C=O) groups is 1. The zero-order valence-corrected chi connectivity index (χ0v) is 11.4. The number of halogens is 1. The molecule has 0 atom stereocenters. The molecule has 1 aliphatic heterocycles.